The summed E-state index contributed by atoms with van der Waals surface area (Å²) in [5.41, 5.74) is 0.639. The number of hydrogen-bond donors (Lipinski definition) is 2. The average Bonchev–Trinajstić information content (AvgIpc) is 3.19. The van der Waals surface area contributed by atoms with E-state index in [1.165, 1.54) is 11.0 Å². The molecular weight excluding hydrogens is 385 g/mol. The molecule has 0 radical (unpaired) electrons. The van der Waals surface area contributed by atoms with Crippen molar-refractivity contribution in [2.75, 3.05) is 29.4 Å². The fourth-order valence-corrected chi connectivity index (χ4v) is 4.49. The van der Waals surface area contributed by atoms with Crippen molar-refractivity contribution in [3.63, 3.8) is 0 Å². The van der Waals surface area contributed by atoms with Gasteiger partial charge in [0.2, 0.25) is 15.9 Å². The molecule has 4 rings (SSSR count). The molecule has 2 aliphatic heterocycles. The molecule has 0 aromatic heterocycles. The van der Waals surface area contributed by atoms with E-state index in [0.717, 1.165) is 29.6 Å². The molecular formula is C19H18FN3O4S. The van der Waals surface area contributed by atoms with E-state index < -0.39 is 27.2 Å². The molecule has 2 aromatic rings. The molecule has 1 atom stereocenters. The molecule has 9 heteroatoms. The van der Waals surface area contributed by atoms with Gasteiger partial charge < -0.3 is 10.2 Å². The highest BCUT2D eigenvalue weighted by atomic mass is 32.2. The highest BCUT2D eigenvalue weighted by Crippen LogP contribution is 2.44. The van der Waals surface area contributed by atoms with Gasteiger partial charge >= 0.3 is 0 Å². The van der Waals surface area contributed by atoms with Gasteiger partial charge in [-0.15, -0.1) is 0 Å². The van der Waals surface area contributed by atoms with Crippen LogP contribution in [-0.4, -0.2) is 44.5 Å². The zero-order chi connectivity index (χ0) is 20.1. The Bertz CT molecular complexity index is 1100. The van der Waals surface area contributed by atoms with Crippen molar-refractivity contribution in [1.82, 2.24) is 4.90 Å². The van der Waals surface area contributed by atoms with Gasteiger partial charge in [0, 0.05) is 18.8 Å². The Morgan fingerprint density at radius 3 is 2.75 bits per heavy atom. The quantitative estimate of drug-likeness (QED) is 0.819. The third-order valence-corrected chi connectivity index (χ3v) is 5.78. The van der Waals surface area contributed by atoms with Crippen LogP contribution in [-0.2, 0) is 20.2 Å². The largest absolute Gasteiger partial charge is 0.337 e. The van der Waals surface area contributed by atoms with E-state index in [4.69, 9.17) is 0 Å². The van der Waals surface area contributed by atoms with Crippen LogP contribution in [0.5, 0.6) is 0 Å². The summed E-state index contributed by atoms with van der Waals surface area (Å²) in [5, 5.41) is 2.85. The van der Waals surface area contributed by atoms with Crippen LogP contribution in [0, 0.1) is 5.82 Å². The maximum absolute atomic E-state index is 13.8. The van der Waals surface area contributed by atoms with Crippen LogP contribution in [0.2, 0.25) is 0 Å². The number of anilines is 2. The molecule has 1 saturated heterocycles. The minimum atomic E-state index is -3.65. The summed E-state index contributed by atoms with van der Waals surface area (Å²) < 4.78 is 39.2. The summed E-state index contributed by atoms with van der Waals surface area (Å²) in [7, 11) is -3.65. The average molecular weight is 403 g/mol. The number of hydrogen-bond acceptors (Lipinski definition) is 4. The van der Waals surface area contributed by atoms with Crippen LogP contribution in [0.15, 0.2) is 42.5 Å². The minimum absolute atomic E-state index is 0.00567. The Morgan fingerprint density at radius 2 is 2.00 bits per heavy atom. The molecule has 2 amide bonds. The van der Waals surface area contributed by atoms with Gasteiger partial charge in [0.1, 0.15) is 5.82 Å². The molecule has 2 N–H and O–H groups in total. The van der Waals surface area contributed by atoms with Crippen LogP contribution in [0.3, 0.4) is 0 Å². The molecule has 0 aliphatic carbocycles. The maximum Gasteiger partial charge on any atom is 0.256 e. The Kier molecular flexibility index (Phi) is 4.15. The summed E-state index contributed by atoms with van der Waals surface area (Å²) in [5.74, 6) is -1.35. The van der Waals surface area contributed by atoms with Gasteiger partial charge in [0.05, 0.1) is 22.9 Å². The number of para-hydroxylation sites is 1. The lowest BCUT2D eigenvalue weighted by Gasteiger charge is -2.23. The number of benzene rings is 2. The van der Waals surface area contributed by atoms with E-state index in [0.29, 0.717) is 13.0 Å². The highest BCUT2D eigenvalue weighted by Gasteiger charge is 2.52. The van der Waals surface area contributed by atoms with E-state index in [-0.39, 0.29) is 23.7 Å². The van der Waals surface area contributed by atoms with Crippen LogP contribution >= 0.6 is 0 Å². The van der Waals surface area contributed by atoms with E-state index in [1.807, 2.05) is 24.3 Å². The maximum atomic E-state index is 13.8. The van der Waals surface area contributed by atoms with Crippen LogP contribution in [0.4, 0.5) is 15.8 Å². The smallest absolute Gasteiger partial charge is 0.256 e. The van der Waals surface area contributed by atoms with Gasteiger partial charge in [0.15, 0.2) is 0 Å². The van der Waals surface area contributed by atoms with Gasteiger partial charge in [-0.1, -0.05) is 18.2 Å². The van der Waals surface area contributed by atoms with E-state index in [1.54, 1.807) is 0 Å². The fraction of sp³-hybridized carbons (Fsp3) is 0.263. The number of amides is 2. The second kappa shape index (κ2) is 6.30. The molecule has 0 saturated carbocycles. The zero-order valence-electron chi connectivity index (χ0n) is 15.0. The molecule has 7 nitrogen and oxygen atoms in total. The molecule has 2 aromatic carbocycles. The molecule has 2 aliphatic rings. The first-order valence-corrected chi connectivity index (χ1v) is 10.6. The van der Waals surface area contributed by atoms with Crippen LogP contribution in [0.1, 0.15) is 22.3 Å². The monoisotopic (exact) mass is 403 g/mol. The number of carbonyl (C=O) groups excluding carboxylic acids is 2. The molecule has 1 fully saturated rings. The van der Waals surface area contributed by atoms with Crippen molar-refractivity contribution in [1.29, 1.82) is 0 Å². The SMILES string of the molecule is CS(=O)(=O)Nc1ccc(F)cc1C(=O)N1CCC2(C1)C(=O)Nc1ccccc12. The van der Waals surface area contributed by atoms with Crippen molar-refractivity contribution >= 4 is 33.2 Å². The van der Waals surface area contributed by atoms with Gasteiger partial charge in [-0.2, -0.15) is 0 Å². The predicted molar refractivity (Wildman–Crippen MR) is 102 cm³/mol. The highest BCUT2D eigenvalue weighted by molar-refractivity contribution is 7.92. The zero-order valence-corrected chi connectivity index (χ0v) is 15.8. The first-order valence-electron chi connectivity index (χ1n) is 8.67. The number of fused-ring (bicyclic) bond motifs is 2. The second-order valence-corrected chi connectivity index (χ2v) is 8.87. The Hall–Kier alpha value is -2.94. The number of nitrogens with one attached hydrogen (secondary N) is 2. The summed E-state index contributed by atoms with van der Waals surface area (Å²) in [6.07, 6.45) is 1.39. The normalized spacial score (nSPS) is 20.9. The third kappa shape index (κ3) is 3.01. The summed E-state index contributed by atoms with van der Waals surface area (Å²) in [4.78, 5) is 27.2. The number of rotatable bonds is 3. The van der Waals surface area contributed by atoms with E-state index in [9.17, 15) is 22.4 Å². The Morgan fingerprint density at radius 1 is 1.25 bits per heavy atom. The number of likely N-dealkylation sites (tertiary alicyclic amines) is 1. The summed E-state index contributed by atoms with van der Waals surface area (Å²) >= 11 is 0. The molecule has 2 heterocycles. The fourth-order valence-electron chi connectivity index (χ4n) is 3.91. The van der Waals surface area contributed by atoms with Crippen LogP contribution < -0.4 is 10.0 Å². The minimum Gasteiger partial charge on any atom is -0.337 e. The van der Waals surface area contributed by atoms with Crippen molar-refractivity contribution in [3.8, 4) is 0 Å². The molecule has 1 spiro atoms. The molecule has 146 valence electrons. The Labute approximate surface area is 161 Å². The van der Waals surface area contributed by atoms with Crippen LogP contribution in [0.25, 0.3) is 0 Å². The van der Waals surface area contributed by atoms with Gasteiger partial charge in [-0.05, 0) is 36.2 Å². The summed E-state index contributed by atoms with van der Waals surface area (Å²) in [6, 6.07) is 10.6. The predicted octanol–water partition coefficient (Wildman–Crippen LogP) is 1.93. The van der Waals surface area contributed by atoms with E-state index >= 15 is 0 Å². The van der Waals surface area contributed by atoms with E-state index in [2.05, 4.69) is 10.0 Å². The first-order chi connectivity index (χ1) is 13.2. The number of halogens is 1. The lowest BCUT2D eigenvalue weighted by Crippen LogP contribution is -2.39. The molecule has 28 heavy (non-hydrogen) atoms. The van der Waals surface area contributed by atoms with Crippen molar-refractivity contribution in [2.45, 2.75) is 11.8 Å². The molecule has 0 bridgehead atoms. The topological polar surface area (TPSA) is 95.6 Å². The first kappa shape index (κ1) is 18.4. The second-order valence-electron chi connectivity index (χ2n) is 7.12. The van der Waals surface area contributed by atoms with Gasteiger partial charge in [-0.25, -0.2) is 12.8 Å². The number of nitrogens with zero attached hydrogens (tertiary/aromatic N) is 1. The lowest BCUT2D eigenvalue weighted by molar-refractivity contribution is -0.120. The third-order valence-electron chi connectivity index (χ3n) is 5.19. The summed E-state index contributed by atoms with van der Waals surface area (Å²) in [6.45, 7) is 0.443. The molecule has 1 unspecified atom stereocenters. The lowest BCUT2D eigenvalue weighted by atomic mass is 9.81. The standard InChI is InChI=1S/C19H18FN3O4S/c1-28(26,27)22-15-7-6-12(20)10-13(15)17(24)23-9-8-19(11-23)14-4-2-3-5-16(14)21-18(19)25/h2-7,10,22H,8-9,11H2,1H3,(H,21,25). The van der Waals surface area contributed by atoms with Crippen molar-refractivity contribution < 1.29 is 22.4 Å². The van der Waals surface area contributed by atoms with Gasteiger partial charge in [-0.3, -0.25) is 14.3 Å². The van der Waals surface area contributed by atoms with Gasteiger partial charge in [0.25, 0.3) is 5.91 Å². The van der Waals surface area contributed by atoms with Crippen molar-refractivity contribution in [2.24, 2.45) is 0 Å². The number of sulfonamides is 1. The van der Waals surface area contributed by atoms with Crippen molar-refractivity contribution in [3.05, 3.63) is 59.4 Å². The number of carbonyl (C=O) groups is 2. The Balaban J connectivity index is 1.67.